The highest BCUT2D eigenvalue weighted by molar-refractivity contribution is 7.89. The normalized spacial score (nSPS) is 12.6. The predicted octanol–water partition coefficient (Wildman–Crippen LogP) is 3.47. The summed E-state index contributed by atoms with van der Waals surface area (Å²) in [5.74, 6) is 1.05. The molecular formula is C24H24N2O5S. The van der Waals surface area contributed by atoms with Gasteiger partial charge in [0.25, 0.3) is 5.91 Å². The first kappa shape index (κ1) is 21.9. The fourth-order valence-electron chi connectivity index (χ4n) is 3.48. The number of nitrogens with zero attached hydrogens (tertiary/aromatic N) is 1. The third kappa shape index (κ3) is 4.76. The zero-order valence-corrected chi connectivity index (χ0v) is 18.7. The van der Waals surface area contributed by atoms with Gasteiger partial charge in [-0.15, -0.1) is 0 Å². The molecule has 32 heavy (non-hydrogen) atoms. The molecule has 1 N–H and O–H groups in total. The number of sulfonamides is 1. The summed E-state index contributed by atoms with van der Waals surface area (Å²) in [5.41, 5.74) is 2.61. The molecule has 1 heterocycles. The van der Waals surface area contributed by atoms with Crippen molar-refractivity contribution in [1.29, 1.82) is 0 Å². The van der Waals surface area contributed by atoms with Gasteiger partial charge in [-0.3, -0.25) is 4.79 Å². The first-order valence-electron chi connectivity index (χ1n) is 10.1. The largest absolute Gasteiger partial charge is 0.454 e. The molecule has 7 nitrogen and oxygen atoms in total. The zero-order valence-electron chi connectivity index (χ0n) is 17.9. The Hall–Kier alpha value is -3.36. The van der Waals surface area contributed by atoms with E-state index in [1.807, 2.05) is 48.5 Å². The van der Waals surface area contributed by atoms with Crippen molar-refractivity contribution in [2.45, 2.75) is 24.9 Å². The van der Waals surface area contributed by atoms with Crippen molar-refractivity contribution in [2.24, 2.45) is 0 Å². The molecule has 0 aliphatic carbocycles. The number of fused-ring (bicyclic) bond motifs is 1. The van der Waals surface area contributed by atoms with Crippen LogP contribution in [0.15, 0.2) is 71.6 Å². The van der Waals surface area contributed by atoms with Gasteiger partial charge in [0.1, 0.15) is 0 Å². The molecule has 1 amide bonds. The summed E-state index contributed by atoms with van der Waals surface area (Å²) < 4.78 is 39.1. The van der Waals surface area contributed by atoms with Crippen LogP contribution in [0.3, 0.4) is 0 Å². The third-order valence-corrected chi connectivity index (χ3v) is 6.78. The first-order valence-corrected chi connectivity index (χ1v) is 11.6. The Kier molecular flexibility index (Phi) is 6.16. The molecule has 1 aliphatic heterocycles. The smallest absolute Gasteiger partial charge is 0.253 e. The van der Waals surface area contributed by atoms with Gasteiger partial charge in [-0.05, 0) is 47.9 Å². The van der Waals surface area contributed by atoms with Gasteiger partial charge in [0.15, 0.2) is 11.5 Å². The van der Waals surface area contributed by atoms with Crippen LogP contribution in [0.5, 0.6) is 11.5 Å². The van der Waals surface area contributed by atoms with Crippen LogP contribution in [0.4, 0.5) is 0 Å². The molecule has 0 saturated heterocycles. The molecule has 0 aromatic heterocycles. The summed E-state index contributed by atoms with van der Waals surface area (Å²) in [6.45, 7) is 2.41. The molecule has 4 rings (SSSR count). The molecule has 1 aliphatic rings. The highest BCUT2D eigenvalue weighted by atomic mass is 32.2. The maximum Gasteiger partial charge on any atom is 0.253 e. The SMILES string of the molecule is Cc1ccc(C(=O)N(C)Cc2ccc3c(c2)OCO3)cc1S(=O)(=O)NCc1ccccc1. The van der Waals surface area contributed by atoms with E-state index < -0.39 is 10.0 Å². The Bertz CT molecular complexity index is 1240. The standard InChI is InChI=1S/C24H24N2O5S/c1-17-8-10-20(13-23(17)32(28,29)25-14-18-6-4-3-5-7-18)24(27)26(2)15-19-9-11-21-22(12-19)31-16-30-21/h3-13,25H,14-16H2,1-2H3. The van der Waals surface area contributed by atoms with Crippen molar-refractivity contribution in [1.82, 2.24) is 9.62 Å². The zero-order chi connectivity index (χ0) is 22.7. The van der Waals surface area contributed by atoms with E-state index in [9.17, 15) is 13.2 Å². The molecule has 0 atom stereocenters. The number of rotatable bonds is 7. The van der Waals surface area contributed by atoms with Crippen molar-refractivity contribution < 1.29 is 22.7 Å². The van der Waals surface area contributed by atoms with Crippen LogP contribution in [0.25, 0.3) is 0 Å². The van der Waals surface area contributed by atoms with Gasteiger partial charge in [-0.1, -0.05) is 42.5 Å². The summed E-state index contributed by atoms with van der Waals surface area (Å²) in [6, 6.07) is 19.5. The second-order valence-corrected chi connectivity index (χ2v) is 9.37. The Morgan fingerprint density at radius 1 is 0.969 bits per heavy atom. The lowest BCUT2D eigenvalue weighted by Crippen LogP contribution is -2.27. The summed E-state index contributed by atoms with van der Waals surface area (Å²) in [7, 11) is -2.11. The van der Waals surface area contributed by atoms with Crippen LogP contribution in [0.2, 0.25) is 0 Å². The van der Waals surface area contributed by atoms with Gasteiger partial charge in [-0.2, -0.15) is 0 Å². The molecule has 0 unspecified atom stereocenters. The maximum atomic E-state index is 13.0. The number of hydrogen-bond donors (Lipinski definition) is 1. The number of carbonyl (C=O) groups excluding carboxylic acids is 1. The molecule has 0 fully saturated rings. The minimum atomic E-state index is -3.79. The van der Waals surface area contributed by atoms with E-state index in [4.69, 9.17) is 9.47 Å². The summed E-state index contributed by atoms with van der Waals surface area (Å²) in [4.78, 5) is 14.6. The average Bonchev–Trinajstić information content (AvgIpc) is 3.26. The van der Waals surface area contributed by atoms with E-state index in [2.05, 4.69) is 4.72 Å². The summed E-state index contributed by atoms with van der Waals surface area (Å²) in [6.07, 6.45) is 0. The van der Waals surface area contributed by atoms with Gasteiger partial charge >= 0.3 is 0 Å². The predicted molar refractivity (Wildman–Crippen MR) is 120 cm³/mol. The molecule has 0 spiro atoms. The molecule has 0 saturated carbocycles. The highest BCUT2D eigenvalue weighted by Crippen LogP contribution is 2.32. The quantitative estimate of drug-likeness (QED) is 0.593. The van der Waals surface area contributed by atoms with E-state index in [-0.39, 0.29) is 24.1 Å². The number of amides is 1. The number of benzene rings is 3. The fourth-order valence-corrected chi connectivity index (χ4v) is 4.77. The van der Waals surface area contributed by atoms with Crippen LogP contribution in [-0.2, 0) is 23.1 Å². The van der Waals surface area contributed by atoms with Crippen molar-refractivity contribution in [2.75, 3.05) is 13.8 Å². The summed E-state index contributed by atoms with van der Waals surface area (Å²) >= 11 is 0. The van der Waals surface area contributed by atoms with Crippen LogP contribution >= 0.6 is 0 Å². The molecule has 3 aromatic rings. The Balaban J connectivity index is 1.50. The van der Waals surface area contributed by atoms with Crippen LogP contribution in [0, 0.1) is 6.92 Å². The third-order valence-electron chi connectivity index (χ3n) is 5.24. The van der Waals surface area contributed by atoms with Crippen LogP contribution in [0.1, 0.15) is 27.0 Å². The number of carbonyl (C=O) groups is 1. The lowest BCUT2D eigenvalue weighted by atomic mass is 10.1. The number of aryl methyl sites for hydroxylation is 1. The molecule has 0 bridgehead atoms. The van der Waals surface area contributed by atoms with E-state index in [1.54, 1.807) is 26.1 Å². The van der Waals surface area contributed by atoms with Crippen molar-refractivity contribution >= 4 is 15.9 Å². The lowest BCUT2D eigenvalue weighted by Gasteiger charge is -2.19. The van der Waals surface area contributed by atoms with Gasteiger partial charge in [-0.25, -0.2) is 13.1 Å². The summed E-state index contributed by atoms with van der Waals surface area (Å²) in [5, 5.41) is 0. The monoisotopic (exact) mass is 452 g/mol. The number of hydrogen-bond acceptors (Lipinski definition) is 5. The number of ether oxygens (including phenoxy) is 2. The minimum Gasteiger partial charge on any atom is -0.454 e. The van der Waals surface area contributed by atoms with Gasteiger partial charge in [0.05, 0.1) is 4.90 Å². The second-order valence-electron chi connectivity index (χ2n) is 7.64. The van der Waals surface area contributed by atoms with Gasteiger partial charge < -0.3 is 14.4 Å². The second kappa shape index (κ2) is 9.02. The highest BCUT2D eigenvalue weighted by Gasteiger charge is 2.21. The maximum absolute atomic E-state index is 13.0. The Morgan fingerprint density at radius 2 is 1.72 bits per heavy atom. The Labute approximate surface area is 187 Å². The first-order chi connectivity index (χ1) is 15.3. The van der Waals surface area contributed by atoms with E-state index >= 15 is 0 Å². The number of nitrogens with one attached hydrogen (secondary N) is 1. The van der Waals surface area contributed by atoms with Crippen LogP contribution < -0.4 is 14.2 Å². The molecular weight excluding hydrogens is 428 g/mol. The topological polar surface area (TPSA) is 84.9 Å². The van der Waals surface area contributed by atoms with E-state index in [0.29, 0.717) is 29.2 Å². The molecule has 0 radical (unpaired) electrons. The lowest BCUT2D eigenvalue weighted by molar-refractivity contribution is 0.0784. The molecule has 8 heteroatoms. The van der Waals surface area contributed by atoms with Crippen LogP contribution in [-0.4, -0.2) is 33.1 Å². The van der Waals surface area contributed by atoms with Crippen molar-refractivity contribution in [3.63, 3.8) is 0 Å². The Morgan fingerprint density at radius 3 is 2.50 bits per heavy atom. The van der Waals surface area contributed by atoms with E-state index in [1.165, 1.54) is 11.0 Å². The fraction of sp³-hybridized carbons (Fsp3) is 0.208. The van der Waals surface area contributed by atoms with Crippen molar-refractivity contribution in [3.8, 4) is 11.5 Å². The van der Waals surface area contributed by atoms with Gasteiger partial charge in [0.2, 0.25) is 16.8 Å². The van der Waals surface area contributed by atoms with Crippen molar-refractivity contribution in [3.05, 3.63) is 89.0 Å². The molecule has 3 aromatic carbocycles. The minimum absolute atomic E-state index is 0.0933. The van der Waals surface area contributed by atoms with Gasteiger partial charge in [0, 0.05) is 25.7 Å². The molecule has 166 valence electrons. The van der Waals surface area contributed by atoms with E-state index in [0.717, 1.165) is 11.1 Å². The average molecular weight is 453 g/mol.